The highest BCUT2D eigenvalue weighted by molar-refractivity contribution is 5.94. The molecule has 1 fully saturated rings. The van der Waals surface area contributed by atoms with Crippen molar-refractivity contribution in [1.82, 2.24) is 0 Å². The van der Waals surface area contributed by atoms with Gasteiger partial charge in [0.25, 0.3) is 0 Å². The van der Waals surface area contributed by atoms with Crippen molar-refractivity contribution in [3.05, 3.63) is 23.3 Å². The van der Waals surface area contributed by atoms with Crippen LogP contribution in [0.5, 0.6) is 5.75 Å². The van der Waals surface area contributed by atoms with Gasteiger partial charge in [-0.05, 0) is 18.9 Å². The molecule has 0 atom stereocenters. The molecule has 0 aliphatic heterocycles. The first kappa shape index (κ1) is 16.2. The molecule has 0 unspecified atom stereocenters. The molecule has 22 heavy (non-hydrogen) atoms. The van der Waals surface area contributed by atoms with Crippen molar-refractivity contribution in [2.75, 3.05) is 26.1 Å². The van der Waals surface area contributed by atoms with E-state index < -0.39 is 5.97 Å². The number of methoxy groups -OCH3 is 1. The van der Waals surface area contributed by atoms with Crippen LogP contribution >= 0.6 is 0 Å². The number of phenols is 1. The molecule has 0 radical (unpaired) electrons. The zero-order chi connectivity index (χ0) is 16.1. The quantitative estimate of drug-likeness (QED) is 0.673. The maximum atomic E-state index is 11.7. The van der Waals surface area contributed by atoms with Crippen molar-refractivity contribution in [3.63, 3.8) is 0 Å². The number of carbonyl (C=O) groups is 1. The number of hydrogen-bond acceptors (Lipinski definition) is 4. The second-order valence-electron chi connectivity index (χ2n) is 5.88. The van der Waals surface area contributed by atoms with E-state index >= 15 is 0 Å². The Morgan fingerprint density at radius 2 is 1.95 bits per heavy atom. The van der Waals surface area contributed by atoms with Crippen LogP contribution in [0.4, 0.5) is 5.69 Å². The molecule has 4 nitrogen and oxygen atoms in total. The van der Waals surface area contributed by atoms with E-state index in [0.29, 0.717) is 5.92 Å². The minimum absolute atomic E-state index is 0.0845. The summed E-state index contributed by atoms with van der Waals surface area (Å²) in [5.41, 5.74) is 1.70. The van der Waals surface area contributed by atoms with Crippen LogP contribution in [0, 0.1) is 17.8 Å². The van der Waals surface area contributed by atoms with Gasteiger partial charge in [0.1, 0.15) is 11.3 Å². The van der Waals surface area contributed by atoms with Crippen molar-refractivity contribution in [1.29, 1.82) is 0 Å². The normalized spacial score (nSPS) is 14.9. The van der Waals surface area contributed by atoms with E-state index in [1.165, 1.54) is 26.4 Å². The van der Waals surface area contributed by atoms with E-state index in [9.17, 15) is 9.90 Å². The summed E-state index contributed by atoms with van der Waals surface area (Å²) in [7, 11) is 5.08. The van der Waals surface area contributed by atoms with Crippen molar-refractivity contribution >= 4 is 11.7 Å². The molecule has 0 spiro atoms. The number of aromatic hydroxyl groups is 1. The molecule has 1 N–H and O–H groups in total. The molecule has 1 aliphatic carbocycles. The molecular formula is C18H23NO3. The Balaban J connectivity index is 2.38. The van der Waals surface area contributed by atoms with Crippen molar-refractivity contribution in [2.24, 2.45) is 5.92 Å². The lowest BCUT2D eigenvalue weighted by molar-refractivity contribution is 0.0597. The Kier molecular flexibility index (Phi) is 5.32. The maximum absolute atomic E-state index is 11.7. The van der Waals surface area contributed by atoms with Gasteiger partial charge < -0.3 is 14.7 Å². The summed E-state index contributed by atoms with van der Waals surface area (Å²) >= 11 is 0. The van der Waals surface area contributed by atoms with Crippen LogP contribution in [0.25, 0.3) is 0 Å². The zero-order valence-corrected chi connectivity index (χ0v) is 13.5. The number of phenolic OH excluding ortho intramolecular Hbond substituents is 1. The van der Waals surface area contributed by atoms with Crippen molar-refractivity contribution in [3.8, 4) is 17.6 Å². The second-order valence-corrected chi connectivity index (χ2v) is 5.88. The summed E-state index contributed by atoms with van der Waals surface area (Å²) in [6.07, 6.45) is 6.07. The molecule has 0 bridgehead atoms. The molecule has 1 aromatic rings. The summed E-state index contributed by atoms with van der Waals surface area (Å²) in [6, 6.07) is 3.18. The van der Waals surface area contributed by atoms with Gasteiger partial charge in [0, 0.05) is 31.6 Å². The van der Waals surface area contributed by atoms with Crippen LogP contribution in [0.1, 0.15) is 48.0 Å². The predicted molar refractivity (Wildman–Crippen MR) is 87.2 cm³/mol. The van der Waals surface area contributed by atoms with E-state index in [4.69, 9.17) is 4.74 Å². The van der Waals surface area contributed by atoms with Gasteiger partial charge in [0.05, 0.1) is 12.8 Å². The fourth-order valence-electron chi connectivity index (χ4n) is 2.75. The molecule has 0 saturated heterocycles. The first-order valence-electron chi connectivity index (χ1n) is 7.67. The zero-order valence-electron chi connectivity index (χ0n) is 13.5. The second kappa shape index (κ2) is 7.22. The lowest BCUT2D eigenvalue weighted by Gasteiger charge is -2.18. The summed E-state index contributed by atoms with van der Waals surface area (Å²) in [4.78, 5) is 13.6. The number of nitrogens with zero attached hydrogens (tertiary/aromatic N) is 1. The summed E-state index contributed by atoms with van der Waals surface area (Å²) in [5.74, 6) is 6.32. The number of benzene rings is 1. The Morgan fingerprint density at radius 3 is 2.55 bits per heavy atom. The van der Waals surface area contributed by atoms with Crippen LogP contribution in [0.15, 0.2) is 12.1 Å². The molecular weight excluding hydrogens is 278 g/mol. The van der Waals surface area contributed by atoms with Crippen LogP contribution in [-0.4, -0.2) is 32.3 Å². The highest BCUT2D eigenvalue weighted by atomic mass is 16.5. The average Bonchev–Trinajstić information content (AvgIpc) is 2.53. The molecule has 0 amide bonds. The molecule has 2 rings (SSSR count). The third-order valence-electron chi connectivity index (χ3n) is 4.02. The first-order chi connectivity index (χ1) is 10.5. The van der Waals surface area contributed by atoms with Crippen molar-refractivity contribution < 1.29 is 14.6 Å². The van der Waals surface area contributed by atoms with Gasteiger partial charge in [-0.3, -0.25) is 0 Å². The van der Waals surface area contributed by atoms with Gasteiger partial charge in [-0.25, -0.2) is 4.79 Å². The van der Waals surface area contributed by atoms with E-state index in [-0.39, 0.29) is 11.3 Å². The fourth-order valence-corrected chi connectivity index (χ4v) is 2.75. The topological polar surface area (TPSA) is 49.8 Å². The average molecular weight is 301 g/mol. The van der Waals surface area contributed by atoms with Crippen molar-refractivity contribution in [2.45, 2.75) is 32.1 Å². The lowest BCUT2D eigenvalue weighted by Crippen LogP contribution is -2.12. The largest absolute Gasteiger partial charge is 0.507 e. The number of carbonyl (C=O) groups excluding carboxylic acids is 1. The Bertz CT molecular complexity index is 605. The van der Waals surface area contributed by atoms with Gasteiger partial charge in [-0.1, -0.05) is 31.1 Å². The lowest BCUT2D eigenvalue weighted by atomic mass is 9.89. The molecule has 118 valence electrons. The number of hydrogen-bond donors (Lipinski definition) is 1. The molecule has 1 aromatic carbocycles. The third kappa shape index (κ3) is 3.73. The number of ether oxygens (including phenoxy) is 1. The minimum Gasteiger partial charge on any atom is -0.507 e. The molecule has 0 heterocycles. The standard InChI is InChI=1S/C18H23NO3/c1-19(2)16-12-17(20)15(18(21)22-3)11-14(16)10-9-13-7-5-4-6-8-13/h11-13,20H,4-8H2,1-3H3. The number of rotatable bonds is 2. The molecule has 1 saturated carbocycles. The minimum atomic E-state index is -0.552. The van der Waals surface area contributed by atoms with Gasteiger partial charge in [0.15, 0.2) is 0 Å². The van der Waals surface area contributed by atoms with Gasteiger partial charge in [-0.15, -0.1) is 0 Å². The Labute approximate surface area is 132 Å². The smallest absolute Gasteiger partial charge is 0.341 e. The molecule has 0 aromatic heterocycles. The summed E-state index contributed by atoms with van der Waals surface area (Å²) in [5, 5.41) is 10.0. The number of esters is 1. The SMILES string of the molecule is COC(=O)c1cc(C#CC2CCCCC2)c(N(C)C)cc1O. The van der Waals surface area contributed by atoms with E-state index in [1.54, 1.807) is 12.1 Å². The molecule has 1 aliphatic rings. The predicted octanol–water partition coefficient (Wildman–Crippen LogP) is 3.18. The van der Waals surface area contributed by atoms with Crippen LogP contribution in [0.3, 0.4) is 0 Å². The van der Waals surface area contributed by atoms with Crippen LogP contribution < -0.4 is 4.90 Å². The Morgan fingerprint density at radius 1 is 1.27 bits per heavy atom. The van der Waals surface area contributed by atoms with E-state index in [0.717, 1.165) is 24.1 Å². The third-order valence-corrected chi connectivity index (χ3v) is 4.02. The monoisotopic (exact) mass is 301 g/mol. The van der Waals surface area contributed by atoms with E-state index in [1.807, 2.05) is 19.0 Å². The fraction of sp³-hybridized carbons (Fsp3) is 0.500. The summed E-state index contributed by atoms with van der Waals surface area (Å²) in [6.45, 7) is 0. The van der Waals surface area contributed by atoms with Crippen LogP contribution in [-0.2, 0) is 4.74 Å². The summed E-state index contributed by atoms with van der Waals surface area (Å²) < 4.78 is 4.71. The van der Waals surface area contributed by atoms with Gasteiger partial charge in [0.2, 0.25) is 0 Å². The first-order valence-corrected chi connectivity index (χ1v) is 7.67. The Hall–Kier alpha value is -2.15. The highest BCUT2D eigenvalue weighted by Gasteiger charge is 2.16. The molecule has 4 heteroatoms. The van der Waals surface area contributed by atoms with E-state index in [2.05, 4.69) is 11.8 Å². The van der Waals surface area contributed by atoms with Gasteiger partial charge in [-0.2, -0.15) is 0 Å². The highest BCUT2D eigenvalue weighted by Crippen LogP contribution is 2.29. The van der Waals surface area contributed by atoms with Crippen LogP contribution in [0.2, 0.25) is 0 Å². The maximum Gasteiger partial charge on any atom is 0.341 e. The number of anilines is 1. The van der Waals surface area contributed by atoms with Gasteiger partial charge >= 0.3 is 5.97 Å².